The van der Waals surface area contributed by atoms with E-state index in [9.17, 15) is 14.4 Å². The summed E-state index contributed by atoms with van der Waals surface area (Å²) in [6.45, 7) is 1.85. The van der Waals surface area contributed by atoms with Crippen LogP contribution in [0.5, 0.6) is 5.75 Å². The molecular formula is C17H24N2O5. The number of ketones is 1. The van der Waals surface area contributed by atoms with Crippen molar-refractivity contribution in [2.24, 2.45) is 0 Å². The van der Waals surface area contributed by atoms with Crippen LogP contribution in [0, 0.1) is 0 Å². The monoisotopic (exact) mass is 336 g/mol. The van der Waals surface area contributed by atoms with Gasteiger partial charge in [-0.05, 0) is 30.7 Å². The van der Waals surface area contributed by atoms with Crippen LogP contribution in [-0.2, 0) is 9.59 Å². The molecule has 0 aliphatic carbocycles. The summed E-state index contributed by atoms with van der Waals surface area (Å²) in [6.07, 6.45) is 1.97. The molecule has 7 nitrogen and oxygen atoms in total. The molecule has 24 heavy (non-hydrogen) atoms. The van der Waals surface area contributed by atoms with E-state index in [1.807, 2.05) is 0 Å². The second-order valence-corrected chi connectivity index (χ2v) is 5.28. The Morgan fingerprint density at radius 2 is 1.88 bits per heavy atom. The van der Waals surface area contributed by atoms with Crippen LogP contribution in [0.25, 0.3) is 0 Å². The number of nitrogens with zero attached hydrogens (tertiary/aromatic N) is 1. The number of Topliss-reactive ketones (excluding diaryl/α,β-unsaturated/α-hetero) is 1. The molecule has 1 aromatic carbocycles. The molecule has 0 radical (unpaired) electrons. The Balaban J connectivity index is 2.86. The predicted octanol–water partition coefficient (Wildman–Crippen LogP) is 0.614. The average Bonchev–Trinajstić information content (AvgIpc) is 2.61. The SMILES string of the molecule is CCCCOc1ccc(C(=O)N(C)C(C(=O)CO)C(=O)NC)cc1. The molecule has 0 saturated heterocycles. The number of unbranched alkanes of at least 4 members (excludes halogenated alkanes) is 1. The number of hydrogen-bond donors (Lipinski definition) is 2. The zero-order valence-corrected chi connectivity index (χ0v) is 14.2. The zero-order chi connectivity index (χ0) is 18.1. The van der Waals surface area contributed by atoms with Gasteiger partial charge in [-0.25, -0.2) is 0 Å². The molecule has 2 amide bonds. The minimum atomic E-state index is -1.37. The van der Waals surface area contributed by atoms with Crippen LogP contribution >= 0.6 is 0 Å². The fourth-order valence-corrected chi connectivity index (χ4v) is 2.11. The van der Waals surface area contributed by atoms with Crippen LogP contribution in [0.15, 0.2) is 24.3 Å². The molecule has 0 heterocycles. The van der Waals surface area contributed by atoms with Crippen molar-refractivity contribution in [3.8, 4) is 5.75 Å². The lowest BCUT2D eigenvalue weighted by atomic mass is 10.1. The van der Waals surface area contributed by atoms with Crippen molar-refractivity contribution < 1.29 is 24.2 Å². The van der Waals surface area contributed by atoms with E-state index in [2.05, 4.69) is 12.2 Å². The molecule has 0 saturated carbocycles. The highest BCUT2D eigenvalue weighted by Gasteiger charge is 2.32. The van der Waals surface area contributed by atoms with Crippen LogP contribution in [-0.4, -0.2) is 61.0 Å². The minimum Gasteiger partial charge on any atom is -0.494 e. The number of aliphatic hydroxyl groups is 1. The summed E-state index contributed by atoms with van der Waals surface area (Å²) in [5.74, 6) is -1.24. The van der Waals surface area contributed by atoms with Crippen LogP contribution < -0.4 is 10.1 Å². The first-order valence-electron chi connectivity index (χ1n) is 7.81. The Hall–Kier alpha value is -2.41. The maximum atomic E-state index is 12.5. The third-order valence-electron chi connectivity index (χ3n) is 3.53. The predicted molar refractivity (Wildman–Crippen MR) is 88.9 cm³/mol. The first kappa shape index (κ1) is 19.6. The van der Waals surface area contributed by atoms with E-state index in [0.717, 1.165) is 17.7 Å². The number of hydrogen-bond acceptors (Lipinski definition) is 5. The quantitative estimate of drug-likeness (QED) is 0.509. The molecule has 1 aromatic rings. The number of likely N-dealkylation sites (N-methyl/N-ethyl adjacent to an activating group) is 2. The van der Waals surface area contributed by atoms with Crippen molar-refractivity contribution in [3.05, 3.63) is 29.8 Å². The van der Waals surface area contributed by atoms with Gasteiger partial charge in [-0.2, -0.15) is 0 Å². The summed E-state index contributed by atoms with van der Waals surface area (Å²) in [5.41, 5.74) is 0.319. The molecular weight excluding hydrogens is 312 g/mol. The van der Waals surface area contributed by atoms with Crippen LogP contribution in [0.3, 0.4) is 0 Å². The van der Waals surface area contributed by atoms with Crippen molar-refractivity contribution in [2.75, 3.05) is 27.3 Å². The van der Waals surface area contributed by atoms with Crippen LogP contribution in [0.2, 0.25) is 0 Å². The Kier molecular flexibility index (Phi) is 7.91. The van der Waals surface area contributed by atoms with Crippen molar-refractivity contribution in [1.29, 1.82) is 0 Å². The van der Waals surface area contributed by atoms with Crippen LogP contribution in [0.1, 0.15) is 30.1 Å². The second-order valence-electron chi connectivity index (χ2n) is 5.28. The van der Waals surface area contributed by atoms with Gasteiger partial charge in [0.05, 0.1) is 6.61 Å². The number of carbonyl (C=O) groups excluding carboxylic acids is 3. The fraction of sp³-hybridized carbons (Fsp3) is 0.471. The molecule has 2 N–H and O–H groups in total. The van der Waals surface area contributed by atoms with Gasteiger partial charge in [0.2, 0.25) is 5.91 Å². The molecule has 0 fully saturated rings. The van der Waals surface area contributed by atoms with Crippen molar-refractivity contribution in [3.63, 3.8) is 0 Å². The lowest BCUT2D eigenvalue weighted by Crippen LogP contribution is -2.52. The lowest BCUT2D eigenvalue weighted by Gasteiger charge is -2.25. The van der Waals surface area contributed by atoms with Gasteiger partial charge >= 0.3 is 0 Å². The summed E-state index contributed by atoms with van der Waals surface area (Å²) in [6, 6.07) is 5.11. The molecule has 1 atom stereocenters. The maximum Gasteiger partial charge on any atom is 0.254 e. The molecule has 0 aliphatic rings. The van der Waals surface area contributed by atoms with E-state index in [-0.39, 0.29) is 0 Å². The number of ether oxygens (including phenoxy) is 1. The highest BCUT2D eigenvalue weighted by atomic mass is 16.5. The third-order valence-corrected chi connectivity index (χ3v) is 3.53. The van der Waals surface area contributed by atoms with E-state index in [0.29, 0.717) is 17.9 Å². The van der Waals surface area contributed by atoms with Gasteiger partial charge in [-0.3, -0.25) is 14.4 Å². The van der Waals surface area contributed by atoms with Crippen molar-refractivity contribution in [1.82, 2.24) is 10.2 Å². The van der Waals surface area contributed by atoms with Gasteiger partial charge < -0.3 is 20.1 Å². The Labute approximate surface area is 141 Å². The van der Waals surface area contributed by atoms with Gasteiger partial charge in [0.25, 0.3) is 5.91 Å². The summed E-state index contributed by atoms with van der Waals surface area (Å²) >= 11 is 0. The van der Waals surface area contributed by atoms with Gasteiger partial charge in [0.15, 0.2) is 11.8 Å². The van der Waals surface area contributed by atoms with E-state index in [4.69, 9.17) is 9.84 Å². The number of amides is 2. The largest absolute Gasteiger partial charge is 0.494 e. The fourth-order valence-electron chi connectivity index (χ4n) is 2.11. The van der Waals surface area contributed by atoms with Crippen molar-refractivity contribution in [2.45, 2.75) is 25.8 Å². The molecule has 0 bridgehead atoms. The Morgan fingerprint density at radius 1 is 1.25 bits per heavy atom. The summed E-state index contributed by atoms with van der Waals surface area (Å²) < 4.78 is 5.52. The van der Waals surface area contributed by atoms with Gasteiger partial charge in [-0.15, -0.1) is 0 Å². The minimum absolute atomic E-state index is 0.319. The number of rotatable bonds is 9. The molecule has 7 heteroatoms. The molecule has 0 aliphatic heterocycles. The second kappa shape index (κ2) is 9.67. The summed E-state index contributed by atoms with van der Waals surface area (Å²) in [7, 11) is 2.71. The number of nitrogens with one attached hydrogen (secondary N) is 1. The van der Waals surface area contributed by atoms with Crippen molar-refractivity contribution >= 4 is 17.6 Å². The topological polar surface area (TPSA) is 95.9 Å². The third kappa shape index (κ3) is 5.06. The highest BCUT2D eigenvalue weighted by molar-refractivity contribution is 6.10. The zero-order valence-electron chi connectivity index (χ0n) is 14.2. The van der Waals surface area contributed by atoms with E-state index >= 15 is 0 Å². The van der Waals surface area contributed by atoms with Crippen LogP contribution in [0.4, 0.5) is 0 Å². The normalized spacial score (nSPS) is 11.5. The first-order valence-corrected chi connectivity index (χ1v) is 7.81. The first-order chi connectivity index (χ1) is 11.5. The van der Waals surface area contributed by atoms with E-state index < -0.39 is 30.2 Å². The van der Waals surface area contributed by atoms with E-state index in [1.54, 1.807) is 24.3 Å². The van der Waals surface area contributed by atoms with E-state index in [1.165, 1.54) is 14.1 Å². The molecule has 1 unspecified atom stereocenters. The van der Waals surface area contributed by atoms with Gasteiger partial charge in [-0.1, -0.05) is 13.3 Å². The molecule has 0 aromatic heterocycles. The average molecular weight is 336 g/mol. The molecule has 132 valence electrons. The molecule has 0 spiro atoms. The number of aliphatic hydroxyl groups excluding tert-OH is 1. The Bertz CT molecular complexity index is 555. The summed E-state index contributed by atoms with van der Waals surface area (Å²) in [4.78, 5) is 37.1. The highest BCUT2D eigenvalue weighted by Crippen LogP contribution is 2.15. The lowest BCUT2D eigenvalue weighted by molar-refractivity contribution is -0.135. The van der Waals surface area contributed by atoms with Gasteiger partial charge in [0, 0.05) is 19.7 Å². The summed E-state index contributed by atoms with van der Waals surface area (Å²) in [5, 5.41) is 11.3. The molecule has 1 rings (SSSR count). The smallest absolute Gasteiger partial charge is 0.254 e. The Morgan fingerprint density at radius 3 is 2.38 bits per heavy atom. The number of benzene rings is 1. The standard InChI is InChI=1S/C17H24N2O5/c1-4-5-10-24-13-8-6-12(7-9-13)17(23)19(3)15(14(21)11-20)16(22)18-2/h6-9,15,20H,4-5,10-11H2,1-3H3,(H,18,22). The number of carbonyl (C=O) groups is 3. The van der Waals surface area contributed by atoms with Gasteiger partial charge in [0.1, 0.15) is 12.4 Å². The maximum absolute atomic E-state index is 12.5.